The minimum Gasteiger partial charge on any atom is -0.488 e. The van der Waals surface area contributed by atoms with Gasteiger partial charge < -0.3 is 14.8 Å². The molecule has 3 rings (SSSR count). The molecule has 0 saturated carbocycles. The first-order chi connectivity index (χ1) is 12.1. The maximum absolute atomic E-state index is 6.05. The molecule has 6 heteroatoms. The van der Waals surface area contributed by atoms with E-state index in [-0.39, 0.29) is 6.10 Å². The number of hydrogen-bond donors (Lipinski definition) is 1. The summed E-state index contributed by atoms with van der Waals surface area (Å²) in [5.41, 5.74) is 1.82. The normalized spacial score (nSPS) is 16.6. The highest BCUT2D eigenvalue weighted by molar-refractivity contribution is 7.80. The molecule has 132 valence electrons. The molecular formula is C19H19Cl2NO2S. The van der Waals surface area contributed by atoms with E-state index in [9.17, 15) is 0 Å². The van der Waals surface area contributed by atoms with E-state index >= 15 is 0 Å². The first kappa shape index (κ1) is 18.5. The largest absolute Gasteiger partial charge is 0.488 e. The van der Waals surface area contributed by atoms with Crippen LogP contribution in [0.25, 0.3) is 0 Å². The van der Waals surface area contributed by atoms with Gasteiger partial charge in [0.25, 0.3) is 0 Å². The van der Waals surface area contributed by atoms with Crippen molar-refractivity contribution in [3.63, 3.8) is 0 Å². The van der Waals surface area contributed by atoms with E-state index in [4.69, 9.17) is 44.9 Å². The van der Waals surface area contributed by atoms with Crippen molar-refractivity contribution in [2.45, 2.75) is 25.6 Å². The van der Waals surface area contributed by atoms with Gasteiger partial charge in [0.2, 0.25) is 0 Å². The first-order valence-electron chi connectivity index (χ1n) is 8.19. The van der Waals surface area contributed by atoms with Crippen LogP contribution in [0.4, 0.5) is 0 Å². The van der Waals surface area contributed by atoms with Gasteiger partial charge in [-0.1, -0.05) is 53.6 Å². The minimum absolute atomic E-state index is 0.238. The van der Waals surface area contributed by atoms with Crippen LogP contribution in [-0.4, -0.2) is 24.2 Å². The summed E-state index contributed by atoms with van der Waals surface area (Å²) in [6.45, 7) is 1.95. The molecule has 2 aromatic rings. The van der Waals surface area contributed by atoms with Crippen molar-refractivity contribution in [1.29, 1.82) is 0 Å². The van der Waals surface area contributed by atoms with Gasteiger partial charge in [-0.05, 0) is 42.7 Å². The molecule has 1 heterocycles. The summed E-state index contributed by atoms with van der Waals surface area (Å²) in [6.07, 6.45) is 2.43. The molecule has 1 fully saturated rings. The highest BCUT2D eigenvalue weighted by Gasteiger charge is 2.16. The summed E-state index contributed by atoms with van der Waals surface area (Å²) >= 11 is 17.5. The van der Waals surface area contributed by atoms with E-state index in [0.29, 0.717) is 21.6 Å². The van der Waals surface area contributed by atoms with E-state index in [0.717, 1.165) is 42.9 Å². The lowest BCUT2D eigenvalue weighted by Gasteiger charge is -2.16. The molecular weight excluding hydrogens is 377 g/mol. The van der Waals surface area contributed by atoms with Crippen LogP contribution in [0.1, 0.15) is 24.0 Å². The van der Waals surface area contributed by atoms with Gasteiger partial charge >= 0.3 is 0 Å². The Hall–Kier alpha value is -1.33. The predicted octanol–water partition coefficient (Wildman–Crippen LogP) is 5.02. The lowest BCUT2D eigenvalue weighted by atomic mass is 10.2. The van der Waals surface area contributed by atoms with Crippen LogP contribution in [-0.2, 0) is 11.3 Å². The van der Waals surface area contributed by atoms with Gasteiger partial charge in [0, 0.05) is 13.2 Å². The van der Waals surface area contributed by atoms with Gasteiger partial charge in [-0.2, -0.15) is 0 Å². The first-order valence-corrected chi connectivity index (χ1v) is 9.35. The number of thiocarbonyl (C=S) groups is 1. The maximum Gasteiger partial charge on any atom is 0.129 e. The molecule has 1 aliphatic rings. The zero-order chi connectivity index (χ0) is 17.6. The lowest BCUT2D eigenvalue weighted by Crippen LogP contribution is -2.31. The third-order valence-corrected chi connectivity index (χ3v) is 5.13. The SMILES string of the molecule is S=C(NC[C@@H]1CCCO1)c1ccccc1OCc1ccc(Cl)c(Cl)c1. The summed E-state index contributed by atoms with van der Waals surface area (Å²) in [5.74, 6) is 0.735. The average Bonchev–Trinajstić information content (AvgIpc) is 3.14. The summed E-state index contributed by atoms with van der Waals surface area (Å²) < 4.78 is 11.6. The van der Waals surface area contributed by atoms with Crippen LogP contribution in [0.2, 0.25) is 10.0 Å². The Morgan fingerprint density at radius 1 is 1.20 bits per heavy atom. The van der Waals surface area contributed by atoms with E-state index in [2.05, 4.69) is 5.32 Å². The fraction of sp³-hybridized carbons (Fsp3) is 0.316. The van der Waals surface area contributed by atoms with Crippen molar-refractivity contribution in [3.8, 4) is 5.75 Å². The zero-order valence-electron chi connectivity index (χ0n) is 13.6. The van der Waals surface area contributed by atoms with Gasteiger partial charge in [-0.3, -0.25) is 0 Å². The quantitative estimate of drug-likeness (QED) is 0.695. The van der Waals surface area contributed by atoms with E-state index in [1.807, 2.05) is 30.3 Å². The van der Waals surface area contributed by atoms with Crippen molar-refractivity contribution in [1.82, 2.24) is 5.32 Å². The second kappa shape index (κ2) is 8.86. The fourth-order valence-corrected chi connectivity index (χ4v) is 3.25. The van der Waals surface area contributed by atoms with Crippen LogP contribution >= 0.6 is 35.4 Å². The molecule has 3 nitrogen and oxygen atoms in total. The van der Waals surface area contributed by atoms with Crippen molar-refractivity contribution in [3.05, 3.63) is 63.6 Å². The Balaban J connectivity index is 1.63. The molecule has 0 aliphatic carbocycles. The van der Waals surface area contributed by atoms with Crippen LogP contribution in [0, 0.1) is 0 Å². The monoisotopic (exact) mass is 395 g/mol. The van der Waals surface area contributed by atoms with Gasteiger partial charge in [0.05, 0.1) is 21.7 Å². The Morgan fingerprint density at radius 3 is 2.80 bits per heavy atom. The topological polar surface area (TPSA) is 30.5 Å². The molecule has 0 spiro atoms. The number of nitrogens with one attached hydrogen (secondary N) is 1. The number of ether oxygens (including phenoxy) is 2. The zero-order valence-corrected chi connectivity index (χ0v) is 16.0. The molecule has 1 N–H and O–H groups in total. The Labute approximate surface area is 163 Å². The Bertz CT molecular complexity index is 748. The van der Waals surface area contributed by atoms with Gasteiger partial charge in [0.15, 0.2) is 0 Å². The van der Waals surface area contributed by atoms with Crippen molar-refractivity contribution in [2.24, 2.45) is 0 Å². The molecule has 0 amide bonds. The maximum atomic E-state index is 6.05. The summed E-state index contributed by atoms with van der Waals surface area (Å²) in [4.78, 5) is 0.667. The highest BCUT2D eigenvalue weighted by Crippen LogP contribution is 2.24. The molecule has 2 aromatic carbocycles. The number of benzene rings is 2. The molecule has 1 saturated heterocycles. The molecule has 0 aromatic heterocycles. The number of halogens is 2. The average molecular weight is 396 g/mol. The third kappa shape index (κ3) is 5.08. The number of hydrogen-bond acceptors (Lipinski definition) is 3. The number of rotatable bonds is 6. The van der Waals surface area contributed by atoms with Gasteiger partial charge in [-0.15, -0.1) is 0 Å². The highest BCUT2D eigenvalue weighted by atomic mass is 35.5. The molecule has 0 unspecified atom stereocenters. The van der Waals surface area contributed by atoms with Crippen molar-refractivity contribution >= 4 is 40.4 Å². The minimum atomic E-state index is 0.238. The molecule has 25 heavy (non-hydrogen) atoms. The summed E-state index contributed by atoms with van der Waals surface area (Å²) in [5, 5.41) is 4.33. The van der Waals surface area contributed by atoms with Crippen LogP contribution in [0.5, 0.6) is 5.75 Å². The molecule has 1 atom stereocenters. The third-order valence-electron chi connectivity index (χ3n) is 4.02. The summed E-state index contributed by atoms with van der Waals surface area (Å²) in [6, 6.07) is 13.2. The standard InChI is InChI=1S/C19H19Cl2NO2S/c20-16-8-7-13(10-17(16)21)12-24-18-6-2-1-5-15(18)19(25)22-11-14-4-3-9-23-14/h1-2,5-8,10,14H,3-4,9,11-12H2,(H,22,25)/t14-/m0/s1. The Kier molecular flexibility index (Phi) is 6.54. The summed E-state index contributed by atoms with van der Waals surface area (Å²) in [7, 11) is 0. The van der Waals surface area contributed by atoms with Gasteiger partial charge in [-0.25, -0.2) is 0 Å². The van der Waals surface area contributed by atoms with Crippen LogP contribution < -0.4 is 10.1 Å². The van der Waals surface area contributed by atoms with E-state index in [1.54, 1.807) is 12.1 Å². The second-order valence-corrected chi connectivity index (χ2v) is 7.10. The predicted molar refractivity (Wildman–Crippen MR) is 106 cm³/mol. The van der Waals surface area contributed by atoms with Crippen molar-refractivity contribution in [2.75, 3.05) is 13.2 Å². The Morgan fingerprint density at radius 2 is 2.04 bits per heavy atom. The van der Waals surface area contributed by atoms with E-state index in [1.165, 1.54) is 0 Å². The lowest BCUT2D eigenvalue weighted by molar-refractivity contribution is 0.114. The molecule has 0 bridgehead atoms. The number of para-hydroxylation sites is 1. The van der Waals surface area contributed by atoms with Crippen LogP contribution in [0.15, 0.2) is 42.5 Å². The van der Waals surface area contributed by atoms with Crippen molar-refractivity contribution < 1.29 is 9.47 Å². The second-order valence-electron chi connectivity index (χ2n) is 5.88. The molecule has 0 radical (unpaired) electrons. The smallest absolute Gasteiger partial charge is 0.129 e. The van der Waals surface area contributed by atoms with Crippen LogP contribution in [0.3, 0.4) is 0 Å². The van der Waals surface area contributed by atoms with E-state index < -0.39 is 0 Å². The fourth-order valence-electron chi connectivity index (χ4n) is 2.68. The van der Waals surface area contributed by atoms with Gasteiger partial charge in [0.1, 0.15) is 17.3 Å². The molecule has 1 aliphatic heterocycles.